The van der Waals surface area contributed by atoms with Crippen LogP contribution < -0.4 is 10.1 Å². The Labute approximate surface area is 127 Å². The summed E-state index contributed by atoms with van der Waals surface area (Å²) in [4.78, 5) is 11.2. The summed E-state index contributed by atoms with van der Waals surface area (Å²) in [6, 6.07) is 8.00. The fraction of sp³-hybridized carbons (Fsp3) is 0.588. The molecule has 0 bridgehead atoms. The van der Waals surface area contributed by atoms with E-state index in [1.54, 1.807) is 0 Å². The van der Waals surface area contributed by atoms with E-state index in [2.05, 4.69) is 5.32 Å². The zero-order valence-electron chi connectivity index (χ0n) is 13.4. The maximum Gasteiger partial charge on any atom is 0.305 e. The molecular formula is C17H27NO3. The first-order valence-electron chi connectivity index (χ1n) is 7.78. The molecule has 118 valence electrons. The maximum absolute atomic E-state index is 11.2. The Kier molecular flexibility index (Phi) is 8.32. The first-order valence-corrected chi connectivity index (χ1v) is 7.78. The minimum absolute atomic E-state index is 0.0915. The van der Waals surface area contributed by atoms with Crippen LogP contribution in [0.15, 0.2) is 24.3 Å². The van der Waals surface area contributed by atoms with Crippen LogP contribution in [0, 0.1) is 0 Å². The predicted octanol–water partition coefficient (Wildman–Crippen LogP) is 4.01. The third kappa shape index (κ3) is 8.23. The summed E-state index contributed by atoms with van der Waals surface area (Å²) >= 11 is 0. The van der Waals surface area contributed by atoms with Crippen LogP contribution in [0.4, 0.5) is 5.69 Å². The van der Waals surface area contributed by atoms with Crippen LogP contribution in [0.2, 0.25) is 0 Å². The van der Waals surface area contributed by atoms with Crippen molar-refractivity contribution in [3.05, 3.63) is 24.3 Å². The maximum atomic E-state index is 11.2. The number of hydrogen-bond acceptors (Lipinski definition) is 4. The largest absolute Gasteiger partial charge is 0.491 e. The van der Waals surface area contributed by atoms with Gasteiger partial charge in [0.05, 0.1) is 12.7 Å². The Bertz CT molecular complexity index is 401. The lowest BCUT2D eigenvalue weighted by Crippen LogP contribution is -2.06. The summed E-state index contributed by atoms with van der Waals surface area (Å²) in [7, 11) is 0. The molecular weight excluding hydrogens is 266 g/mol. The Morgan fingerprint density at radius 1 is 1.14 bits per heavy atom. The molecule has 4 nitrogen and oxygen atoms in total. The molecule has 0 amide bonds. The average molecular weight is 293 g/mol. The highest BCUT2D eigenvalue weighted by Gasteiger charge is 2.01. The lowest BCUT2D eigenvalue weighted by Gasteiger charge is -2.11. The van der Waals surface area contributed by atoms with Crippen molar-refractivity contribution in [2.24, 2.45) is 0 Å². The van der Waals surface area contributed by atoms with Crippen LogP contribution >= 0.6 is 0 Å². The molecule has 0 radical (unpaired) electrons. The number of benzene rings is 1. The first kappa shape index (κ1) is 17.3. The number of nitrogens with one attached hydrogen (secondary N) is 1. The average Bonchev–Trinajstić information content (AvgIpc) is 2.44. The van der Waals surface area contributed by atoms with Gasteiger partial charge in [-0.25, -0.2) is 0 Å². The smallest absolute Gasteiger partial charge is 0.305 e. The van der Waals surface area contributed by atoms with Crippen molar-refractivity contribution >= 4 is 11.7 Å². The number of carbonyl (C=O) groups is 1. The highest BCUT2D eigenvalue weighted by Crippen LogP contribution is 2.17. The lowest BCUT2D eigenvalue weighted by molar-refractivity contribution is -0.143. The van der Waals surface area contributed by atoms with Crippen LogP contribution in [0.3, 0.4) is 0 Å². The summed E-state index contributed by atoms with van der Waals surface area (Å²) in [6.07, 6.45) is 3.68. The van der Waals surface area contributed by atoms with Gasteiger partial charge in [0, 0.05) is 18.7 Å². The topological polar surface area (TPSA) is 47.6 Å². The van der Waals surface area contributed by atoms with Crippen molar-refractivity contribution in [1.29, 1.82) is 0 Å². The van der Waals surface area contributed by atoms with E-state index in [-0.39, 0.29) is 12.1 Å². The Morgan fingerprint density at radius 3 is 2.48 bits per heavy atom. The van der Waals surface area contributed by atoms with Crippen LogP contribution in [0.1, 0.15) is 46.5 Å². The van der Waals surface area contributed by atoms with Crippen molar-refractivity contribution in [2.75, 3.05) is 18.5 Å². The molecule has 4 heteroatoms. The molecule has 21 heavy (non-hydrogen) atoms. The van der Waals surface area contributed by atoms with E-state index in [1.165, 1.54) is 0 Å². The van der Waals surface area contributed by atoms with E-state index < -0.39 is 0 Å². The third-order valence-electron chi connectivity index (χ3n) is 2.92. The van der Waals surface area contributed by atoms with Gasteiger partial charge in [0.25, 0.3) is 0 Å². The Morgan fingerprint density at radius 2 is 1.86 bits per heavy atom. The van der Waals surface area contributed by atoms with Crippen molar-refractivity contribution in [3.8, 4) is 5.75 Å². The Hall–Kier alpha value is -1.71. The first-order chi connectivity index (χ1) is 10.1. The minimum atomic E-state index is -0.0915. The van der Waals surface area contributed by atoms with Crippen molar-refractivity contribution in [2.45, 2.75) is 52.6 Å². The van der Waals surface area contributed by atoms with Crippen LogP contribution in [0.5, 0.6) is 5.75 Å². The highest BCUT2D eigenvalue weighted by atomic mass is 16.5. The fourth-order valence-electron chi connectivity index (χ4n) is 1.96. The molecule has 0 unspecified atom stereocenters. The summed E-state index contributed by atoms with van der Waals surface area (Å²) in [6.45, 7) is 7.24. The molecule has 1 N–H and O–H groups in total. The van der Waals surface area contributed by atoms with Gasteiger partial charge in [-0.1, -0.05) is 6.42 Å². The van der Waals surface area contributed by atoms with E-state index in [4.69, 9.17) is 9.47 Å². The highest BCUT2D eigenvalue weighted by molar-refractivity contribution is 5.69. The normalized spacial score (nSPS) is 10.5. The van der Waals surface area contributed by atoms with E-state index in [0.29, 0.717) is 13.0 Å². The van der Waals surface area contributed by atoms with Crippen LogP contribution in [-0.4, -0.2) is 25.2 Å². The lowest BCUT2D eigenvalue weighted by atomic mass is 10.2. The van der Waals surface area contributed by atoms with Gasteiger partial charge >= 0.3 is 5.97 Å². The number of carbonyl (C=O) groups excluding carboxylic acids is 1. The summed E-state index contributed by atoms with van der Waals surface area (Å²) < 4.78 is 10.5. The minimum Gasteiger partial charge on any atom is -0.491 e. The number of rotatable bonds is 10. The van der Waals surface area contributed by atoms with Gasteiger partial charge in [0.15, 0.2) is 0 Å². The monoisotopic (exact) mass is 293 g/mol. The molecule has 0 saturated heterocycles. The van der Waals surface area contributed by atoms with Crippen molar-refractivity contribution in [3.63, 3.8) is 0 Å². The third-order valence-corrected chi connectivity index (χ3v) is 2.92. The van der Waals surface area contributed by atoms with Gasteiger partial charge in [-0.15, -0.1) is 0 Å². The van der Waals surface area contributed by atoms with Gasteiger partial charge in [0.2, 0.25) is 0 Å². The molecule has 0 aliphatic rings. The summed E-state index contributed by atoms with van der Waals surface area (Å²) in [5, 5.41) is 3.37. The van der Waals surface area contributed by atoms with Crippen molar-refractivity contribution < 1.29 is 14.3 Å². The molecule has 0 aromatic heterocycles. The quantitative estimate of drug-likeness (QED) is 0.523. The number of anilines is 1. The second-order valence-corrected chi connectivity index (χ2v) is 5.23. The Balaban J connectivity index is 2.11. The molecule has 0 saturated carbocycles. The molecule has 1 aromatic carbocycles. The zero-order chi connectivity index (χ0) is 15.5. The van der Waals surface area contributed by atoms with E-state index in [0.717, 1.165) is 37.2 Å². The number of hydrogen-bond donors (Lipinski definition) is 1. The molecule has 1 rings (SSSR count). The second-order valence-electron chi connectivity index (χ2n) is 5.23. The van der Waals surface area contributed by atoms with Gasteiger partial charge < -0.3 is 14.8 Å². The second kappa shape index (κ2) is 10.1. The molecule has 0 aliphatic carbocycles. The molecule has 1 aromatic rings. The fourth-order valence-corrected chi connectivity index (χ4v) is 1.96. The summed E-state index contributed by atoms with van der Waals surface area (Å²) in [5.41, 5.74) is 1.09. The zero-order valence-corrected chi connectivity index (χ0v) is 13.4. The number of ether oxygens (including phenoxy) is 2. The van der Waals surface area contributed by atoms with Crippen LogP contribution in [0.25, 0.3) is 0 Å². The van der Waals surface area contributed by atoms with Crippen LogP contribution in [-0.2, 0) is 9.53 Å². The molecule has 0 heterocycles. The number of esters is 1. The van der Waals surface area contributed by atoms with Crippen molar-refractivity contribution in [1.82, 2.24) is 0 Å². The van der Waals surface area contributed by atoms with E-state index >= 15 is 0 Å². The van der Waals surface area contributed by atoms with Gasteiger partial charge in [0.1, 0.15) is 5.75 Å². The molecule has 0 atom stereocenters. The van der Waals surface area contributed by atoms with Gasteiger partial charge in [-0.2, -0.15) is 0 Å². The van der Waals surface area contributed by atoms with E-state index in [1.807, 2.05) is 45.0 Å². The molecule has 0 spiro atoms. The summed E-state index contributed by atoms with van der Waals surface area (Å²) in [5.74, 6) is 0.802. The SMILES string of the molecule is CCOC(=O)CCCCCNc1ccc(OC(C)C)cc1. The molecule has 0 aliphatic heterocycles. The van der Waals surface area contributed by atoms with Gasteiger partial charge in [-0.05, 0) is 57.9 Å². The number of unbranched alkanes of at least 4 members (excludes halogenated alkanes) is 2. The standard InChI is InChI=1S/C17H27NO3/c1-4-20-17(19)8-6-5-7-13-18-15-9-11-16(12-10-15)21-14(2)3/h9-12,14,18H,4-8,13H2,1-3H3. The van der Waals surface area contributed by atoms with E-state index in [9.17, 15) is 4.79 Å². The predicted molar refractivity (Wildman–Crippen MR) is 85.8 cm³/mol. The molecule has 0 fully saturated rings. The van der Waals surface area contributed by atoms with Gasteiger partial charge in [-0.3, -0.25) is 4.79 Å².